The van der Waals surface area contributed by atoms with Crippen molar-refractivity contribution in [2.45, 2.75) is 355 Å². The molecule has 0 amide bonds. The number of aliphatic hydroxyl groups is 2. The maximum absolute atomic E-state index is 10.0. The number of hydrogen-bond donors (Lipinski definition) is 2. The SMILES string of the molecule is CCCCCCCCCCCCC(O)CCCCCCCCCC.[CH2-]CCCCCN(CCCCO)CCCCCCOCC(CCCCCCCCCC)CCCCCCCCCCCC.[Y]. The molecule has 0 aliphatic heterocycles. The summed E-state index contributed by atoms with van der Waals surface area (Å²) in [6.07, 6.45) is 67.3. The molecule has 0 saturated heterocycles. The summed E-state index contributed by atoms with van der Waals surface area (Å²) in [7, 11) is 0. The third kappa shape index (κ3) is 65.0. The second-order valence-electron chi connectivity index (χ2n) is 21.7. The van der Waals surface area contributed by atoms with Crippen LogP contribution in [-0.4, -0.2) is 60.7 Å². The van der Waals surface area contributed by atoms with Crippen molar-refractivity contribution in [2.75, 3.05) is 39.5 Å². The van der Waals surface area contributed by atoms with Crippen molar-refractivity contribution in [3.8, 4) is 0 Å². The van der Waals surface area contributed by atoms with Crippen LogP contribution in [0.5, 0.6) is 0 Å². The fourth-order valence-electron chi connectivity index (χ4n) is 9.94. The standard InChI is InChI=1S/C40H82NO2.C23H48O.Y/c1-4-7-10-13-15-17-18-20-22-26-33-40(32-25-21-19-16-14-11-8-5-2)39-43-38-31-24-23-28-35-41(36-29-30-37-42)34-27-12-9-6-3;1-3-5-7-9-11-13-14-16-18-20-22-23(24)21-19-17-15-12-10-8-6-4-2;/h40,42H,3-39H2,1-2H3;23-24H,3-22H2,1-2H3;/q-1;;. The molecule has 0 saturated carbocycles. The first-order valence-corrected chi connectivity index (χ1v) is 31.5. The minimum absolute atomic E-state index is 0. The van der Waals surface area contributed by atoms with Crippen LogP contribution in [0.25, 0.3) is 0 Å². The van der Waals surface area contributed by atoms with E-state index in [2.05, 4.69) is 39.5 Å². The van der Waals surface area contributed by atoms with E-state index in [-0.39, 0.29) is 38.8 Å². The zero-order valence-electron chi connectivity index (χ0n) is 47.8. The van der Waals surface area contributed by atoms with E-state index in [1.165, 1.54) is 302 Å². The van der Waals surface area contributed by atoms with Crippen LogP contribution in [-0.2, 0) is 37.4 Å². The van der Waals surface area contributed by atoms with E-state index in [1.54, 1.807) is 0 Å². The van der Waals surface area contributed by atoms with E-state index in [4.69, 9.17) is 9.84 Å². The van der Waals surface area contributed by atoms with Gasteiger partial charge in [-0.25, -0.2) is 0 Å². The van der Waals surface area contributed by atoms with Crippen molar-refractivity contribution in [3.05, 3.63) is 6.92 Å². The molecule has 0 bridgehead atoms. The normalized spacial score (nSPS) is 12.4. The van der Waals surface area contributed by atoms with Gasteiger partial charge in [-0.05, 0) is 83.3 Å². The summed E-state index contributed by atoms with van der Waals surface area (Å²) >= 11 is 0. The van der Waals surface area contributed by atoms with Gasteiger partial charge in [-0.2, -0.15) is 6.42 Å². The number of nitrogens with zero attached hydrogens (tertiary/aromatic N) is 1. The summed E-state index contributed by atoms with van der Waals surface area (Å²) < 4.78 is 6.29. The van der Waals surface area contributed by atoms with E-state index in [0.29, 0.717) is 6.61 Å². The Bertz CT molecular complexity index is 830. The Balaban J connectivity index is -0.00000143. The van der Waals surface area contributed by atoms with E-state index in [9.17, 15) is 5.11 Å². The Kier molecular flexibility index (Phi) is 73.1. The molecule has 5 heteroatoms. The van der Waals surface area contributed by atoms with Crippen LogP contribution in [0.4, 0.5) is 0 Å². The van der Waals surface area contributed by atoms with Gasteiger partial charge in [-0.3, -0.25) is 0 Å². The van der Waals surface area contributed by atoms with Gasteiger partial charge in [0.15, 0.2) is 0 Å². The van der Waals surface area contributed by atoms with Gasteiger partial charge in [0.1, 0.15) is 0 Å². The summed E-state index contributed by atoms with van der Waals surface area (Å²) in [5, 5.41) is 19.2. The molecule has 2 atom stereocenters. The number of ether oxygens (including phenoxy) is 1. The topological polar surface area (TPSA) is 52.9 Å². The summed E-state index contributed by atoms with van der Waals surface area (Å²) in [4.78, 5) is 2.64. The summed E-state index contributed by atoms with van der Waals surface area (Å²) in [6.45, 7) is 19.0. The fourth-order valence-corrected chi connectivity index (χ4v) is 9.94. The van der Waals surface area contributed by atoms with Crippen molar-refractivity contribution in [1.29, 1.82) is 0 Å². The van der Waals surface area contributed by atoms with Gasteiger partial charge in [0.25, 0.3) is 0 Å². The number of aliphatic hydroxyl groups excluding tert-OH is 2. The first kappa shape index (κ1) is 73.2. The molecule has 1 radical (unpaired) electrons. The minimum atomic E-state index is -0.0286. The largest absolute Gasteiger partial charge is 0.396 e. The van der Waals surface area contributed by atoms with E-state index >= 15 is 0 Å². The Labute approximate surface area is 456 Å². The molecule has 4 nitrogen and oxygen atoms in total. The molecule has 2 N–H and O–H groups in total. The van der Waals surface area contributed by atoms with Crippen LogP contribution >= 0.6 is 0 Å². The number of hydrogen-bond acceptors (Lipinski definition) is 4. The number of rotatable bonds is 58. The third-order valence-corrected chi connectivity index (χ3v) is 14.7. The Morgan fingerprint density at radius 2 is 0.632 bits per heavy atom. The van der Waals surface area contributed by atoms with Crippen molar-refractivity contribution < 1.29 is 47.7 Å². The van der Waals surface area contributed by atoms with Crippen molar-refractivity contribution in [1.82, 2.24) is 4.90 Å². The van der Waals surface area contributed by atoms with Crippen LogP contribution < -0.4 is 0 Å². The molecule has 0 fully saturated rings. The third-order valence-electron chi connectivity index (χ3n) is 14.7. The zero-order valence-corrected chi connectivity index (χ0v) is 50.6. The molecular formula is C63H130NO3Y-. The minimum Gasteiger partial charge on any atom is -0.396 e. The van der Waals surface area contributed by atoms with Crippen molar-refractivity contribution in [2.24, 2.45) is 5.92 Å². The Morgan fingerprint density at radius 1 is 0.353 bits per heavy atom. The molecule has 0 aliphatic rings. The predicted octanol–water partition coefficient (Wildman–Crippen LogP) is 20.7. The molecule has 0 aromatic carbocycles. The Morgan fingerprint density at radius 3 is 0.971 bits per heavy atom. The van der Waals surface area contributed by atoms with Gasteiger partial charge >= 0.3 is 0 Å². The molecule has 0 aromatic rings. The molecule has 0 spiro atoms. The van der Waals surface area contributed by atoms with Gasteiger partial charge in [0.2, 0.25) is 0 Å². The molecule has 0 aliphatic carbocycles. The molecule has 409 valence electrons. The Hall–Kier alpha value is 0.944. The van der Waals surface area contributed by atoms with Crippen molar-refractivity contribution in [3.63, 3.8) is 0 Å². The van der Waals surface area contributed by atoms with Crippen LogP contribution in [0.15, 0.2) is 0 Å². The van der Waals surface area contributed by atoms with Crippen LogP contribution in [0.3, 0.4) is 0 Å². The maximum atomic E-state index is 10.0. The second kappa shape index (κ2) is 67.9. The predicted molar refractivity (Wildman–Crippen MR) is 303 cm³/mol. The molecule has 0 heterocycles. The van der Waals surface area contributed by atoms with E-state index in [0.717, 1.165) is 57.8 Å². The average Bonchev–Trinajstić information content (AvgIpc) is 3.33. The fraction of sp³-hybridized carbons (Fsp3) is 0.984. The van der Waals surface area contributed by atoms with E-state index in [1.807, 2.05) is 0 Å². The second-order valence-corrected chi connectivity index (χ2v) is 21.7. The van der Waals surface area contributed by atoms with Crippen LogP contribution in [0.2, 0.25) is 0 Å². The molecule has 68 heavy (non-hydrogen) atoms. The first-order chi connectivity index (χ1) is 33.1. The summed E-state index contributed by atoms with van der Waals surface area (Å²) in [5.74, 6) is 0.783. The van der Waals surface area contributed by atoms with Gasteiger partial charge < -0.3 is 26.8 Å². The zero-order chi connectivity index (χ0) is 49.0. The molecule has 2 unspecified atom stereocenters. The van der Waals surface area contributed by atoms with Gasteiger partial charge in [-0.15, -0.1) is 0 Å². The molecule has 0 aromatic heterocycles. The van der Waals surface area contributed by atoms with Gasteiger partial charge in [0, 0.05) is 52.5 Å². The van der Waals surface area contributed by atoms with Crippen LogP contribution in [0.1, 0.15) is 349 Å². The monoisotopic (exact) mass is 1040 g/mol. The quantitative estimate of drug-likeness (QED) is 0.0471. The summed E-state index contributed by atoms with van der Waals surface area (Å²) in [6, 6.07) is 0. The maximum Gasteiger partial charge on any atom is 0.0540 e. The van der Waals surface area contributed by atoms with Gasteiger partial charge in [0.05, 0.1) is 6.10 Å². The van der Waals surface area contributed by atoms with Crippen LogP contribution in [0, 0.1) is 12.8 Å². The summed E-state index contributed by atoms with van der Waals surface area (Å²) in [5.41, 5.74) is 0. The number of unbranched alkanes of at least 4 members (excludes halogenated alkanes) is 39. The average molecular weight is 1040 g/mol. The van der Waals surface area contributed by atoms with Gasteiger partial charge in [-0.1, -0.05) is 285 Å². The van der Waals surface area contributed by atoms with Crippen molar-refractivity contribution >= 4 is 0 Å². The molecular weight excluding hydrogens is 908 g/mol. The first-order valence-electron chi connectivity index (χ1n) is 31.5. The molecule has 0 rings (SSSR count). The van der Waals surface area contributed by atoms with E-state index < -0.39 is 0 Å². The smallest absolute Gasteiger partial charge is 0.0540 e.